The SMILES string of the molecule is CCOCCOC(=O)C[C@@H](O)C(F)(F)F. The molecule has 0 aliphatic rings. The van der Waals surface area contributed by atoms with Crippen LogP contribution in [-0.4, -0.2) is 43.2 Å². The van der Waals surface area contributed by atoms with Crippen molar-refractivity contribution in [3.8, 4) is 0 Å². The van der Waals surface area contributed by atoms with E-state index in [1.807, 2.05) is 0 Å². The van der Waals surface area contributed by atoms with Crippen LogP contribution in [0, 0.1) is 0 Å². The van der Waals surface area contributed by atoms with Crippen molar-refractivity contribution < 1.29 is 32.5 Å². The minimum absolute atomic E-state index is 0.114. The first-order valence-corrected chi connectivity index (χ1v) is 4.36. The number of aliphatic hydroxyl groups excluding tert-OH is 1. The lowest BCUT2D eigenvalue weighted by Crippen LogP contribution is -2.31. The zero-order chi connectivity index (χ0) is 11.9. The van der Waals surface area contributed by atoms with E-state index < -0.39 is 24.7 Å². The van der Waals surface area contributed by atoms with E-state index in [1.165, 1.54) is 0 Å². The van der Waals surface area contributed by atoms with E-state index in [-0.39, 0.29) is 13.2 Å². The summed E-state index contributed by atoms with van der Waals surface area (Å²) >= 11 is 0. The number of ether oxygens (including phenoxy) is 2. The third-order valence-corrected chi connectivity index (χ3v) is 1.43. The van der Waals surface area contributed by atoms with Gasteiger partial charge in [0.15, 0.2) is 6.10 Å². The summed E-state index contributed by atoms with van der Waals surface area (Å²) in [6, 6.07) is 0. The molecule has 0 radical (unpaired) electrons. The fourth-order valence-corrected chi connectivity index (χ4v) is 0.691. The topological polar surface area (TPSA) is 55.8 Å². The fourth-order valence-electron chi connectivity index (χ4n) is 0.691. The molecule has 1 atom stereocenters. The van der Waals surface area contributed by atoms with Gasteiger partial charge in [-0.25, -0.2) is 0 Å². The Hall–Kier alpha value is -0.820. The van der Waals surface area contributed by atoms with Gasteiger partial charge in [0, 0.05) is 6.61 Å². The number of hydrogen-bond acceptors (Lipinski definition) is 4. The van der Waals surface area contributed by atoms with Crippen molar-refractivity contribution in [1.82, 2.24) is 0 Å². The summed E-state index contributed by atoms with van der Waals surface area (Å²) in [5.41, 5.74) is 0. The Labute approximate surface area is 85.0 Å². The van der Waals surface area contributed by atoms with E-state index in [0.29, 0.717) is 6.61 Å². The zero-order valence-corrected chi connectivity index (χ0v) is 8.21. The van der Waals surface area contributed by atoms with Crippen LogP contribution in [0.1, 0.15) is 13.3 Å². The Morgan fingerprint density at radius 2 is 2.00 bits per heavy atom. The van der Waals surface area contributed by atoms with Crippen LogP contribution in [0.4, 0.5) is 13.2 Å². The van der Waals surface area contributed by atoms with Crippen molar-refractivity contribution in [2.75, 3.05) is 19.8 Å². The Morgan fingerprint density at radius 1 is 1.40 bits per heavy atom. The molecule has 0 aromatic carbocycles. The summed E-state index contributed by atoms with van der Waals surface area (Å²) in [4.78, 5) is 10.7. The van der Waals surface area contributed by atoms with E-state index >= 15 is 0 Å². The Balaban J connectivity index is 3.65. The van der Waals surface area contributed by atoms with Crippen LogP contribution in [0.15, 0.2) is 0 Å². The Morgan fingerprint density at radius 3 is 2.47 bits per heavy atom. The molecule has 0 aromatic heterocycles. The molecular formula is C8H13F3O4. The van der Waals surface area contributed by atoms with E-state index in [1.54, 1.807) is 6.92 Å². The molecular weight excluding hydrogens is 217 g/mol. The molecule has 0 amide bonds. The lowest BCUT2D eigenvalue weighted by molar-refractivity contribution is -0.209. The maximum Gasteiger partial charge on any atom is 0.414 e. The molecule has 0 fully saturated rings. The highest BCUT2D eigenvalue weighted by atomic mass is 19.4. The van der Waals surface area contributed by atoms with Crippen LogP contribution in [0.3, 0.4) is 0 Å². The first kappa shape index (κ1) is 14.2. The molecule has 15 heavy (non-hydrogen) atoms. The van der Waals surface area contributed by atoms with E-state index in [4.69, 9.17) is 9.84 Å². The normalized spacial score (nSPS) is 13.7. The van der Waals surface area contributed by atoms with Crippen LogP contribution < -0.4 is 0 Å². The average molecular weight is 230 g/mol. The van der Waals surface area contributed by atoms with Gasteiger partial charge in [-0.3, -0.25) is 4.79 Å². The molecule has 0 unspecified atom stereocenters. The molecule has 0 bridgehead atoms. The molecule has 0 aliphatic heterocycles. The van der Waals surface area contributed by atoms with Gasteiger partial charge in [0.05, 0.1) is 13.0 Å². The van der Waals surface area contributed by atoms with Crippen LogP contribution >= 0.6 is 0 Å². The van der Waals surface area contributed by atoms with Crippen molar-refractivity contribution in [2.45, 2.75) is 25.6 Å². The minimum atomic E-state index is -4.79. The number of esters is 1. The maximum atomic E-state index is 11.8. The molecule has 0 aliphatic carbocycles. The van der Waals surface area contributed by atoms with Gasteiger partial charge in [0.1, 0.15) is 6.61 Å². The smallest absolute Gasteiger partial charge is 0.414 e. The highest BCUT2D eigenvalue weighted by Crippen LogP contribution is 2.22. The summed E-state index contributed by atoms with van der Waals surface area (Å²) in [6.45, 7) is 2.18. The van der Waals surface area contributed by atoms with Gasteiger partial charge in [-0.05, 0) is 6.92 Å². The summed E-state index contributed by atoms with van der Waals surface area (Å²) in [6.07, 6.45) is -8.55. The van der Waals surface area contributed by atoms with Gasteiger partial charge in [-0.1, -0.05) is 0 Å². The highest BCUT2D eigenvalue weighted by molar-refractivity contribution is 5.70. The average Bonchev–Trinajstić information content (AvgIpc) is 2.11. The largest absolute Gasteiger partial charge is 0.463 e. The second-order valence-electron chi connectivity index (χ2n) is 2.68. The van der Waals surface area contributed by atoms with Gasteiger partial charge in [-0.2, -0.15) is 13.2 Å². The van der Waals surface area contributed by atoms with Gasteiger partial charge in [0.2, 0.25) is 0 Å². The third kappa shape index (κ3) is 7.15. The third-order valence-electron chi connectivity index (χ3n) is 1.43. The molecule has 7 heteroatoms. The number of hydrogen-bond donors (Lipinski definition) is 1. The number of aliphatic hydroxyl groups is 1. The van der Waals surface area contributed by atoms with E-state index in [0.717, 1.165) is 0 Å². The van der Waals surface area contributed by atoms with Crippen molar-refractivity contribution in [2.24, 2.45) is 0 Å². The standard InChI is InChI=1S/C8H13F3O4/c1-2-14-3-4-15-7(13)5-6(12)8(9,10)11/h6,12H,2-5H2,1H3/t6-/m1/s1. The van der Waals surface area contributed by atoms with Crippen LogP contribution in [-0.2, 0) is 14.3 Å². The van der Waals surface area contributed by atoms with Crippen molar-refractivity contribution in [3.05, 3.63) is 0 Å². The molecule has 0 spiro atoms. The monoisotopic (exact) mass is 230 g/mol. The number of rotatable bonds is 6. The van der Waals surface area contributed by atoms with Gasteiger partial charge in [-0.15, -0.1) is 0 Å². The van der Waals surface area contributed by atoms with Crippen molar-refractivity contribution >= 4 is 5.97 Å². The lowest BCUT2D eigenvalue weighted by Gasteiger charge is -2.13. The van der Waals surface area contributed by atoms with Crippen molar-refractivity contribution in [3.63, 3.8) is 0 Å². The Kier molecular flexibility index (Phi) is 6.26. The Bertz CT molecular complexity index is 193. The lowest BCUT2D eigenvalue weighted by atomic mass is 10.2. The van der Waals surface area contributed by atoms with Crippen molar-refractivity contribution in [1.29, 1.82) is 0 Å². The first-order valence-electron chi connectivity index (χ1n) is 4.36. The second-order valence-corrected chi connectivity index (χ2v) is 2.68. The molecule has 1 N–H and O–H groups in total. The molecule has 0 aromatic rings. The minimum Gasteiger partial charge on any atom is -0.463 e. The molecule has 4 nitrogen and oxygen atoms in total. The first-order chi connectivity index (χ1) is 6.88. The fraction of sp³-hybridized carbons (Fsp3) is 0.875. The zero-order valence-electron chi connectivity index (χ0n) is 8.21. The molecule has 0 saturated heterocycles. The predicted octanol–water partition coefficient (Wildman–Crippen LogP) is 0.879. The summed E-state index contributed by atoms with van der Waals surface area (Å²) in [5, 5.41) is 8.50. The van der Waals surface area contributed by atoms with Gasteiger partial charge >= 0.3 is 12.1 Å². The number of halogens is 3. The summed E-state index contributed by atoms with van der Waals surface area (Å²) in [7, 11) is 0. The van der Waals surface area contributed by atoms with Gasteiger partial charge in [0.25, 0.3) is 0 Å². The number of carbonyl (C=O) groups is 1. The van der Waals surface area contributed by atoms with Crippen LogP contribution in [0.2, 0.25) is 0 Å². The quantitative estimate of drug-likeness (QED) is 0.543. The molecule has 0 saturated carbocycles. The molecule has 0 heterocycles. The van der Waals surface area contributed by atoms with Crippen LogP contribution in [0.5, 0.6) is 0 Å². The summed E-state index contributed by atoms with van der Waals surface area (Å²) in [5.74, 6) is -1.10. The van der Waals surface area contributed by atoms with E-state index in [9.17, 15) is 18.0 Å². The molecule has 0 rings (SSSR count). The van der Waals surface area contributed by atoms with E-state index in [2.05, 4.69) is 4.74 Å². The van der Waals surface area contributed by atoms with Gasteiger partial charge < -0.3 is 14.6 Å². The second kappa shape index (κ2) is 6.62. The van der Waals surface area contributed by atoms with Crippen LogP contribution in [0.25, 0.3) is 0 Å². The number of carbonyl (C=O) groups excluding carboxylic acids is 1. The maximum absolute atomic E-state index is 11.8. The summed E-state index contributed by atoms with van der Waals surface area (Å²) < 4.78 is 44.5. The molecule has 90 valence electrons. The highest BCUT2D eigenvalue weighted by Gasteiger charge is 2.39. The predicted molar refractivity (Wildman–Crippen MR) is 44.1 cm³/mol. The number of alkyl halides is 3.